The molecular weight excluding hydrogens is 319 g/mol. The average molecular weight is 332 g/mol. The maximum Gasteiger partial charge on any atom is 0.405 e. The van der Waals surface area contributed by atoms with Crippen LogP contribution in [0.5, 0.6) is 0 Å². The standard InChI is InChI=1S/C14H13ClF3N3O/c1-8-12(15)9(2)21(20-8)11-5-3-10(4-6-11)13(22)19-7-14(16,17)18/h3-6H,7H2,1-2H3,(H,19,22). The first-order valence-corrected chi connectivity index (χ1v) is 6.74. The number of nitrogens with zero attached hydrogens (tertiary/aromatic N) is 2. The number of hydrogen-bond acceptors (Lipinski definition) is 2. The lowest BCUT2D eigenvalue weighted by atomic mass is 10.2. The molecule has 118 valence electrons. The van der Waals surface area contributed by atoms with Crippen LogP contribution in [0.15, 0.2) is 24.3 Å². The zero-order valence-electron chi connectivity index (χ0n) is 11.8. The summed E-state index contributed by atoms with van der Waals surface area (Å²) in [7, 11) is 0. The fourth-order valence-electron chi connectivity index (χ4n) is 1.91. The van der Waals surface area contributed by atoms with E-state index >= 15 is 0 Å². The van der Waals surface area contributed by atoms with E-state index in [2.05, 4.69) is 5.10 Å². The molecule has 1 aromatic heterocycles. The number of nitrogens with one attached hydrogen (secondary N) is 1. The maximum absolute atomic E-state index is 12.1. The van der Waals surface area contributed by atoms with Gasteiger partial charge in [-0.25, -0.2) is 4.68 Å². The predicted molar refractivity (Wildman–Crippen MR) is 76.4 cm³/mol. The number of alkyl halides is 3. The third kappa shape index (κ3) is 3.59. The van der Waals surface area contributed by atoms with Crippen LogP contribution in [0.2, 0.25) is 5.02 Å². The van der Waals surface area contributed by atoms with Gasteiger partial charge in [0.2, 0.25) is 0 Å². The highest BCUT2D eigenvalue weighted by molar-refractivity contribution is 6.31. The molecule has 0 saturated carbocycles. The van der Waals surface area contributed by atoms with Gasteiger partial charge in [-0.2, -0.15) is 18.3 Å². The van der Waals surface area contributed by atoms with Gasteiger partial charge in [0.05, 0.1) is 22.1 Å². The lowest BCUT2D eigenvalue weighted by molar-refractivity contribution is -0.123. The van der Waals surface area contributed by atoms with Gasteiger partial charge in [0.25, 0.3) is 5.91 Å². The minimum atomic E-state index is -4.43. The van der Waals surface area contributed by atoms with Gasteiger partial charge in [-0.15, -0.1) is 0 Å². The zero-order chi connectivity index (χ0) is 16.5. The van der Waals surface area contributed by atoms with Crippen molar-refractivity contribution < 1.29 is 18.0 Å². The van der Waals surface area contributed by atoms with Gasteiger partial charge in [-0.1, -0.05) is 11.6 Å². The molecule has 2 rings (SSSR count). The Kier molecular flexibility index (Phi) is 4.46. The van der Waals surface area contributed by atoms with Crippen molar-refractivity contribution in [1.82, 2.24) is 15.1 Å². The van der Waals surface area contributed by atoms with Crippen LogP contribution in [-0.2, 0) is 0 Å². The van der Waals surface area contributed by atoms with Crippen LogP contribution in [0.4, 0.5) is 13.2 Å². The average Bonchev–Trinajstić information content (AvgIpc) is 2.72. The zero-order valence-corrected chi connectivity index (χ0v) is 12.6. The second-order valence-corrected chi connectivity index (χ2v) is 5.12. The minimum absolute atomic E-state index is 0.139. The summed E-state index contributed by atoms with van der Waals surface area (Å²) in [4.78, 5) is 11.6. The number of hydrogen-bond donors (Lipinski definition) is 1. The number of carbonyl (C=O) groups excluding carboxylic acids is 1. The summed E-state index contributed by atoms with van der Waals surface area (Å²) < 4.78 is 37.8. The van der Waals surface area contributed by atoms with Gasteiger partial charge in [-0.05, 0) is 38.1 Å². The third-order valence-electron chi connectivity index (χ3n) is 3.03. The molecule has 0 aliphatic rings. The van der Waals surface area contributed by atoms with Crippen molar-refractivity contribution in [2.45, 2.75) is 20.0 Å². The van der Waals surface area contributed by atoms with Crippen molar-refractivity contribution in [1.29, 1.82) is 0 Å². The van der Waals surface area contributed by atoms with Crippen LogP contribution in [0.25, 0.3) is 5.69 Å². The predicted octanol–water partition coefficient (Wildman–Crippen LogP) is 3.43. The number of benzene rings is 1. The molecule has 8 heteroatoms. The highest BCUT2D eigenvalue weighted by atomic mass is 35.5. The SMILES string of the molecule is Cc1nn(-c2ccc(C(=O)NCC(F)(F)F)cc2)c(C)c1Cl. The fraction of sp³-hybridized carbons (Fsp3) is 0.286. The molecule has 0 unspecified atom stereocenters. The number of amides is 1. The van der Waals surface area contributed by atoms with Gasteiger partial charge < -0.3 is 5.32 Å². The fourth-order valence-corrected chi connectivity index (χ4v) is 2.03. The second-order valence-electron chi connectivity index (χ2n) is 4.74. The summed E-state index contributed by atoms with van der Waals surface area (Å²) in [5.41, 5.74) is 2.22. The van der Waals surface area contributed by atoms with E-state index in [4.69, 9.17) is 11.6 Å². The van der Waals surface area contributed by atoms with Gasteiger partial charge in [-0.3, -0.25) is 4.79 Å². The van der Waals surface area contributed by atoms with Gasteiger partial charge >= 0.3 is 6.18 Å². The Morgan fingerprint density at radius 2 is 1.86 bits per heavy atom. The van der Waals surface area contributed by atoms with Crippen LogP contribution in [0.3, 0.4) is 0 Å². The molecule has 4 nitrogen and oxygen atoms in total. The normalized spacial score (nSPS) is 11.5. The van der Waals surface area contributed by atoms with E-state index in [0.29, 0.717) is 16.4 Å². The summed E-state index contributed by atoms with van der Waals surface area (Å²) in [6.45, 7) is 2.21. The molecule has 0 saturated heterocycles. The van der Waals surface area contributed by atoms with Gasteiger partial charge in [0, 0.05) is 5.56 Å². The summed E-state index contributed by atoms with van der Waals surface area (Å²) >= 11 is 6.06. The van der Waals surface area contributed by atoms with E-state index < -0.39 is 18.6 Å². The summed E-state index contributed by atoms with van der Waals surface area (Å²) in [6.07, 6.45) is -4.43. The number of aryl methyl sites for hydroxylation is 1. The van der Waals surface area contributed by atoms with E-state index in [1.54, 1.807) is 30.7 Å². The Labute approximate surface area is 129 Å². The molecule has 0 aliphatic heterocycles. The number of halogens is 4. The van der Waals surface area contributed by atoms with Crippen LogP contribution in [0.1, 0.15) is 21.7 Å². The van der Waals surface area contributed by atoms with Crippen molar-refractivity contribution in [3.63, 3.8) is 0 Å². The van der Waals surface area contributed by atoms with E-state index in [9.17, 15) is 18.0 Å². The molecule has 0 spiro atoms. The molecule has 2 aromatic rings. The summed E-state index contributed by atoms with van der Waals surface area (Å²) in [5, 5.41) is 6.62. The smallest absolute Gasteiger partial charge is 0.343 e. The molecule has 1 aromatic carbocycles. The van der Waals surface area contributed by atoms with Crippen LogP contribution < -0.4 is 5.32 Å². The van der Waals surface area contributed by atoms with Gasteiger partial charge in [0.15, 0.2) is 0 Å². The number of carbonyl (C=O) groups is 1. The van der Waals surface area contributed by atoms with Crippen molar-refractivity contribution in [3.8, 4) is 5.69 Å². The lowest BCUT2D eigenvalue weighted by Gasteiger charge is -2.09. The summed E-state index contributed by atoms with van der Waals surface area (Å²) in [5.74, 6) is -0.782. The minimum Gasteiger partial charge on any atom is -0.343 e. The van der Waals surface area contributed by atoms with E-state index in [1.807, 2.05) is 5.32 Å². The Hall–Kier alpha value is -2.02. The Bertz CT molecular complexity index is 693. The largest absolute Gasteiger partial charge is 0.405 e. The van der Waals surface area contributed by atoms with Crippen molar-refractivity contribution in [3.05, 3.63) is 46.2 Å². The topological polar surface area (TPSA) is 46.9 Å². The monoisotopic (exact) mass is 331 g/mol. The molecule has 0 aliphatic carbocycles. The molecule has 1 N–H and O–H groups in total. The number of rotatable bonds is 3. The van der Waals surface area contributed by atoms with Crippen molar-refractivity contribution in [2.75, 3.05) is 6.54 Å². The molecule has 0 radical (unpaired) electrons. The van der Waals surface area contributed by atoms with Crippen molar-refractivity contribution >= 4 is 17.5 Å². The van der Waals surface area contributed by atoms with Crippen LogP contribution >= 0.6 is 11.6 Å². The molecule has 0 bridgehead atoms. The first kappa shape index (κ1) is 16.4. The van der Waals surface area contributed by atoms with E-state index in [1.165, 1.54) is 12.1 Å². The molecule has 22 heavy (non-hydrogen) atoms. The Balaban J connectivity index is 2.16. The van der Waals surface area contributed by atoms with Crippen LogP contribution in [0, 0.1) is 13.8 Å². The highest BCUT2D eigenvalue weighted by Gasteiger charge is 2.27. The van der Waals surface area contributed by atoms with Gasteiger partial charge in [0.1, 0.15) is 6.54 Å². The molecule has 1 heterocycles. The molecule has 0 fully saturated rings. The molecule has 0 atom stereocenters. The molecule has 1 amide bonds. The Morgan fingerprint density at radius 1 is 1.27 bits per heavy atom. The second kappa shape index (κ2) is 6.00. The quantitative estimate of drug-likeness (QED) is 0.936. The van der Waals surface area contributed by atoms with E-state index in [-0.39, 0.29) is 5.56 Å². The number of aromatic nitrogens is 2. The Morgan fingerprint density at radius 3 is 2.32 bits per heavy atom. The van der Waals surface area contributed by atoms with Crippen molar-refractivity contribution in [2.24, 2.45) is 0 Å². The van der Waals surface area contributed by atoms with Crippen LogP contribution in [-0.4, -0.2) is 28.4 Å². The highest BCUT2D eigenvalue weighted by Crippen LogP contribution is 2.22. The van der Waals surface area contributed by atoms with E-state index in [0.717, 1.165) is 5.69 Å². The third-order valence-corrected chi connectivity index (χ3v) is 3.57. The molecular formula is C14H13ClF3N3O. The first-order valence-electron chi connectivity index (χ1n) is 6.36. The lowest BCUT2D eigenvalue weighted by Crippen LogP contribution is -2.33. The maximum atomic E-state index is 12.1. The first-order chi connectivity index (χ1) is 10.2. The summed E-state index contributed by atoms with van der Waals surface area (Å²) in [6, 6.07) is 6.06.